The van der Waals surface area contributed by atoms with Gasteiger partial charge in [-0.05, 0) is 26.2 Å². The summed E-state index contributed by atoms with van der Waals surface area (Å²) in [6, 6.07) is 1.89. The molecule has 8 heteroatoms. The van der Waals surface area contributed by atoms with Crippen LogP contribution in [-0.4, -0.2) is 44.3 Å². The molecule has 2 rings (SSSR count). The van der Waals surface area contributed by atoms with E-state index in [0.717, 1.165) is 43.1 Å². The first-order valence-electron chi connectivity index (χ1n) is 7.29. The summed E-state index contributed by atoms with van der Waals surface area (Å²) in [5.41, 5.74) is 0. The highest BCUT2D eigenvalue weighted by molar-refractivity contribution is 7.88. The summed E-state index contributed by atoms with van der Waals surface area (Å²) in [6.45, 7) is 3.93. The summed E-state index contributed by atoms with van der Waals surface area (Å²) in [5.74, 6) is 3.02. The third kappa shape index (κ3) is 5.84. The molecule has 21 heavy (non-hydrogen) atoms. The zero-order chi connectivity index (χ0) is 15.3. The molecule has 1 heterocycles. The fourth-order valence-electron chi connectivity index (χ4n) is 1.91. The molecule has 0 bridgehead atoms. The molecular weight excluding hydrogens is 290 g/mol. The van der Waals surface area contributed by atoms with E-state index >= 15 is 0 Å². The third-order valence-electron chi connectivity index (χ3n) is 3.07. The number of anilines is 2. The van der Waals surface area contributed by atoms with E-state index in [9.17, 15) is 8.42 Å². The fourth-order valence-corrected chi connectivity index (χ4v) is 2.43. The zero-order valence-corrected chi connectivity index (χ0v) is 13.3. The predicted octanol–water partition coefficient (Wildman–Crippen LogP) is 1.14. The third-order valence-corrected chi connectivity index (χ3v) is 3.80. The van der Waals surface area contributed by atoms with E-state index in [1.165, 1.54) is 0 Å². The highest BCUT2D eigenvalue weighted by Gasteiger charge is 2.27. The van der Waals surface area contributed by atoms with Gasteiger partial charge >= 0.3 is 0 Å². The molecule has 1 aromatic rings. The Hall–Kier alpha value is -1.41. The van der Waals surface area contributed by atoms with Crippen molar-refractivity contribution in [1.29, 1.82) is 0 Å². The molecule has 7 nitrogen and oxygen atoms in total. The molecule has 0 unspecified atom stereocenters. The summed E-state index contributed by atoms with van der Waals surface area (Å²) in [4.78, 5) is 9.03. The fraction of sp³-hybridized carbons (Fsp3) is 0.692. The van der Waals surface area contributed by atoms with Gasteiger partial charge in [-0.2, -0.15) is 0 Å². The number of nitrogens with one attached hydrogen (secondary N) is 3. The minimum Gasteiger partial charge on any atom is -0.370 e. The van der Waals surface area contributed by atoms with Gasteiger partial charge in [-0.25, -0.2) is 23.1 Å². The van der Waals surface area contributed by atoms with Crippen LogP contribution in [0.3, 0.4) is 0 Å². The second-order valence-electron chi connectivity index (χ2n) is 5.25. The van der Waals surface area contributed by atoms with Crippen molar-refractivity contribution in [2.45, 2.75) is 32.1 Å². The van der Waals surface area contributed by atoms with Crippen LogP contribution in [-0.2, 0) is 10.0 Å². The second-order valence-corrected chi connectivity index (χ2v) is 7.08. The molecule has 0 aliphatic heterocycles. The van der Waals surface area contributed by atoms with E-state index in [2.05, 4.69) is 25.3 Å². The number of aromatic nitrogens is 2. The second kappa shape index (κ2) is 7.04. The van der Waals surface area contributed by atoms with Crippen LogP contribution in [0.2, 0.25) is 0 Å². The van der Waals surface area contributed by atoms with Gasteiger partial charge in [0, 0.05) is 31.6 Å². The average Bonchev–Trinajstić information content (AvgIpc) is 3.21. The van der Waals surface area contributed by atoms with E-state index in [1.807, 2.05) is 13.0 Å². The van der Waals surface area contributed by atoms with E-state index in [4.69, 9.17) is 0 Å². The van der Waals surface area contributed by atoms with Crippen LogP contribution in [0.5, 0.6) is 0 Å². The maximum atomic E-state index is 10.9. The Morgan fingerprint density at radius 2 is 1.86 bits per heavy atom. The molecular formula is C13H23N5O2S. The first-order valence-corrected chi connectivity index (χ1v) is 9.18. The molecule has 1 aliphatic carbocycles. The molecule has 3 N–H and O–H groups in total. The smallest absolute Gasteiger partial charge is 0.208 e. The molecule has 1 aromatic heterocycles. The van der Waals surface area contributed by atoms with Gasteiger partial charge in [-0.15, -0.1) is 0 Å². The molecule has 0 spiro atoms. The van der Waals surface area contributed by atoms with Crippen molar-refractivity contribution in [1.82, 2.24) is 14.7 Å². The van der Waals surface area contributed by atoms with E-state index in [-0.39, 0.29) is 0 Å². The number of nitrogens with zero attached hydrogens (tertiary/aromatic N) is 2. The molecule has 0 amide bonds. The molecule has 0 atom stereocenters. The number of hydrogen-bond donors (Lipinski definition) is 3. The molecule has 0 saturated heterocycles. The largest absolute Gasteiger partial charge is 0.370 e. The van der Waals surface area contributed by atoms with Crippen molar-refractivity contribution in [3.05, 3.63) is 11.9 Å². The summed E-state index contributed by atoms with van der Waals surface area (Å²) in [5, 5.41) is 6.44. The van der Waals surface area contributed by atoms with Crippen LogP contribution in [0.25, 0.3) is 0 Å². The Morgan fingerprint density at radius 3 is 2.43 bits per heavy atom. The monoisotopic (exact) mass is 313 g/mol. The summed E-state index contributed by atoms with van der Waals surface area (Å²) < 4.78 is 24.4. The van der Waals surface area contributed by atoms with Crippen LogP contribution >= 0.6 is 0 Å². The molecule has 0 radical (unpaired) electrons. The maximum absolute atomic E-state index is 10.9. The van der Waals surface area contributed by atoms with Crippen molar-refractivity contribution in [2.75, 3.05) is 36.5 Å². The quantitative estimate of drug-likeness (QED) is 0.592. The SMILES string of the molecule is CCNc1cc(NCCCNS(C)(=O)=O)nc(C2CC2)n1. The standard InChI is InChI=1S/C13H23N5O2S/c1-3-14-11-9-12(18-13(17-11)10-5-6-10)15-7-4-8-16-21(2,19)20/h9-10,16H,3-8H2,1-2H3,(H2,14,15,17,18). The van der Waals surface area contributed by atoms with Crippen LogP contribution < -0.4 is 15.4 Å². The van der Waals surface area contributed by atoms with E-state index < -0.39 is 10.0 Å². The number of sulfonamides is 1. The lowest BCUT2D eigenvalue weighted by molar-refractivity contribution is 0.586. The van der Waals surface area contributed by atoms with Crippen LogP contribution in [0.1, 0.15) is 37.9 Å². The van der Waals surface area contributed by atoms with Gasteiger partial charge in [-0.1, -0.05) is 0 Å². The number of rotatable bonds is 9. The Morgan fingerprint density at radius 1 is 1.19 bits per heavy atom. The lowest BCUT2D eigenvalue weighted by Crippen LogP contribution is -2.24. The van der Waals surface area contributed by atoms with Crippen LogP contribution in [0.15, 0.2) is 6.07 Å². The van der Waals surface area contributed by atoms with Crippen molar-refractivity contribution in [3.8, 4) is 0 Å². The van der Waals surface area contributed by atoms with Crippen molar-refractivity contribution >= 4 is 21.7 Å². The Kier molecular flexibility index (Phi) is 5.35. The molecule has 1 aliphatic rings. The highest BCUT2D eigenvalue weighted by Crippen LogP contribution is 2.38. The number of hydrogen-bond acceptors (Lipinski definition) is 6. The minimum atomic E-state index is -3.11. The van der Waals surface area contributed by atoms with Gasteiger partial charge < -0.3 is 10.6 Å². The maximum Gasteiger partial charge on any atom is 0.208 e. The van der Waals surface area contributed by atoms with Gasteiger partial charge in [0.2, 0.25) is 10.0 Å². The molecule has 0 aromatic carbocycles. The summed E-state index contributed by atoms with van der Waals surface area (Å²) in [7, 11) is -3.11. The van der Waals surface area contributed by atoms with Crippen molar-refractivity contribution in [3.63, 3.8) is 0 Å². The van der Waals surface area contributed by atoms with Gasteiger partial charge in [0.25, 0.3) is 0 Å². The van der Waals surface area contributed by atoms with E-state index in [0.29, 0.717) is 25.4 Å². The Bertz CT molecular complexity index is 572. The van der Waals surface area contributed by atoms with Crippen LogP contribution in [0, 0.1) is 0 Å². The van der Waals surface area contributed by atoms with Gasteiger partial charge in [0.15, 0.2) is 0 Å². The molecule has 1 saturated carbocycles. The first kappa shape index (κ1) is 16.0. The normalized spacial score (nSPS) is 15.0. The zero-order valence-electron chi connectivity index (χ0n) is 12.5. The molecule has 118 valence electrons. The van der Waals surface area contributed by atoms with Crippen LogP contribution in [0.4, 0.5) is 11.6 Å². The topological polar surface area (TPSA) is 96.0 Å². The Labute approximate surface area is 126 Å². The summed E-state index contributed by atoms with van der Waals surface area (Å²) >= 11 is 0. The van der Waals surface area contributed by atoms with Crippen molar-refractivity contribution < 1.29 is 8.42 Å². The van der Waals surface area contributed by atoms with Gasteiger partial charge in [0.1, 0.15) is 17.5 Å². The first-order chi connectivity index (χ1) is 9.98. The molecule has 1 fully saturated rings. The predicted molar refractivity (Wildman–Crippen MR) is 84.1 cm³/mol. The van der Waals surface area contributed by atoms with E-state index in [1.54, 1.807) is 0 Å². The van der Waals surface area contributed by atoms with Gasteiger partial charge in [0.05, 0.1) is 6.26 Å². The Balaban J connectivity index is 1.86. The lowest BCUT2D eigenvalue weighted by atomic mass is 10.3. The minimum absolute atomic E-state index is 0.423. The van der Waals surface area contributed by atoms with Crippen molar-refractivity contribution in [2.24, 2.45) is 0 Å². The highest BCUT2D eigenvalue weighted by atomic mass is 32.2. The average molecular weight is 313 g/mol. The summed E-state index contributed by atoms with van der Waals surface area (Å²) in [6.07, 6.45) is 4.18. The lowest BCUT2D eigenvalue weighted by Gasteiger charge is -2.10. The van der Waals surface area contributed by atoms with Gasteiger partial charge in [-0.3, -0.25) is 0 Å².